The number of piperidine rings is 2. The van der Waals surface area contributed by atoms with Crippen LogP contribution in [0.15, 0.2) is 0 Å². The minimum Gasteiger partial charge on any atom is -0.356 e. The maximum absolute atomic E-state index is 11.9. The molecule has 0 spiro atoms. The second kappa shape index (κ2) is 7.85. The molecule has 2 aliphatic heterocycles. The van der Waals surface area contributed by atoms with Crippen LogP contribution in [0.1, 0.15) is 45.4 Å². The molecule has 0 aromatic heterocycles. The normalized spacial score (nSPS) is 29.1. The topological polar surface area (TPSA) is 44.4 Å². The molecule has 1 unspecified atom stereocenters. The number of amides is 1. The zero-order valence-electron chi connectivity index (χ0n) is 12.3. The van der Waals surface area contributed by atoms with E-state index in [2.05, 4.69) is 22.5 Å². The Balaban J connectivity index is 1.56. The van der Waals surface area contributed by atoms with Gasteiger partial charge in [-0.15, -0.1) is 0 Å². The second-order valence-electron chi connectivity index (χ2n) is 6.07. The Hall–Kier alpha value is -0.610. The van der Waals surface area contributed by atoms with Gasteiger partial charge in [-0.25, -0.2) is 0 Å². The van der Waals surface area contributed by atoms with Crippen molar-refractivity contribution in [1.29, 1.82) is 0 Å². The van der Waals surface area contributed by atoms with Crippen molar-refractivity contribution < 1.29 is 4.79 Å². The van der Waals surface area contributed by atoms with Gasteiger partial charge in [-0.3, -0.25) is 4.79 Å². The molecule has 2 fully saturated rings. The zero-order chi connectivity index (χ0) is 13.5. The van der Waals surface area contributed by atoms with Crippen LogP contribution in [0, 0.1) is 5.92 Å². The maximum atomic E-state index is 11.9. The molecule has 0 radical (unpaired) electrons. The highest BCUT2D eigenvalue weighted by Gasteiger charge is 2.21. The monoisotopic (exact) mass is 267 g/mol. The van der Waals surface area contributed by atoms with Gasteiger partial charge in [0.25, 0.3) is 0 Å². The van der Waals surface area contributed by atoms with Crippen molar-refractivity contribution in [1.82, 2.24) is 15.5 Å². The number of carbonyl (C=O) groups is 1. The summed E-state index contributed by atoms with van der Waals surface area (Å²) < 4.78 is 0. The van der Waals surface area contributed by atoms with Crippen molar-refractivity contribution in [3.63, 3.8) is 0 Å². The Kier molecular flexibility index (Phi) is 6.11. The third-order valence-electron chi connectivity index (χ3n) is 4.53. The van der Waals surface area contributed by atoms with E-state index in [0.29, 0.717) is 0 Å². The number of carbonyl (C=O) groups excluding carboxylic acids is 1. The maximum Gasteiger partial charge on any atom is 0.224 e. The first-order valence-electron chi connectivity index (χ1n) is 8.00. The lowest BCUT2D eigenvalue weighted by atomic mass is 9.99. The summed E-state index contributed by atoms with van der Waals surface area (Å²) >= 11 is 0. The molecule has 1 amide bonds. The summed E-state index contributed by atoms with van der Waals surface area (Å²) in [6.45, 7) is 7.45. The minimum absolute atomic E-state index is 0.197. The summed E-state index contributed by atoms with van der Waals surface area (Å²) in [6, 6.07) is 0.729. The minimum atomic E-state index is 0.197. The fourth-order valence-corrected chi connectivity index (χ4v) is 3.20. The third kappa shape index (κ3) is 4.77. The average Bonchev–Trinajstić information content (AvgIpc) is 2.46. The van der Waals surface area contributed by atoms with E-state index in [1.807, 2.05) is 0 Å². The van der Waals surface area contributed by atoms with Crippen LogP contribution < -0.4 is 10.6 Å². The van der Waals surface area contributed by atoms with Crippen LogP contribution in [-0.4, -0.2) is 49.6 Å². The molecule has 0 aromatic rings. The number of hydrogen-bond donors (Lipinski definition) is 2. The number of nitrogens with zero attached hydrogens (tertiary/aromatic N) is 1. The molecule has 0 aromatic carbocycles. The lowest BCUT2D eigenvalue weighted by Gasteiger charge is -2.33. The van der Waals surface area contributed by atoms with E-state index >= 15 is 0 Å². The van der Waals surface area contributed by atoms with Gasteiger partial charge in [-0.05, 0) is 52.1 Å². The Morgan fingerprint density at radius 1 is 1.32 bits per heavy atom. The van der Waals surface area contributed by atoms with Crippen LogP contribution in [0.5, 0.6) is 0 Å². The third-order valence-corrected chi connectivity index (χ3v) is 4.53. The van der Waals surface area contributed by atoms with Gasteiger partial charge >= 0.3 is 0 Å². The van der Waals surface area contributed by atoms with E-state index in [0.717, 1.165) is 51.5 Å². The van der Waals surface area contributed by atoms with Crippen LogP contribution in [-0.2, 0) is 4.79 Å². The molecule has 2 heterocycles. The van der Waals surface area contributed by atoms with Crippen molar-refractivity contribution in [2.45, 2.75) is 51.5 Å². The molecule has 2 atom stereocenters. The molecule has 4 heteroatoms. The molecule has 2 aliphatic rings. The first-order chi connectivity index (χ1) is 9.27. The summed E-state index contributed by atoms with van der Waals surface area (Å²) in [7, 11) is 0. The quantitative estimate of drug-likeness (QED) is 0.739. The van der Waals surface area contributed by atoms with Gasteiger partial charge < -0.3 is 15.5 Å². The van der Waals surface area contributed by atoms with Crippen molar-refractivity contribution in [2.24, 2.45) is 5.92 Å². The summed E-state index contributed by atoms with van der Waals surface area (Å²) in [4.78, 5) is 14.5. The molecule has 4 nitrogen and oxygen atoms in total. The van der Waals surface area contributed by atoms with Crippen molar-refractivity contribution in [3.05, 3.63) is 0 Å². The zero-order valence-corrected chi connectivity index (χ0v) is 12.3. The first-order valence-corrected chi connectivity index (χ1v) is 8.00. The van der Waals surface area contributed by atoms with E-state index < -0.39 is 0 Å². The Morgan fingerprint density at radius 2 is 2.21 bits per heavy atom. The lowest BCUT2D eigenvalue weighted by molar-refractivity contribution is -0.125. The fraction of sp³-hybridized carbons (Fsp3) is 0.933. The molecule has 0 aliphatic carbocycles. The van der Waals surface area contributed by atoms with Crippen molar-refractivity contribution >= 4 is 5.91 Å². The van der Waals surface area contributed by atoms with Gasteiger partial charge in [-0.2, -0.15) is 0 Å². The van der Waals surface area contributed by atoms with Crippen molar-refractivity contribution in [3.8, 4) is 0 Å². The molecule has 0 bridgehead atoms. The highest BCUT2D eigenvalue weighted by Crippen LogP contribution is 2.16. The van der Waals surface area contributed by atoms with Gasteiger partial charge in [-0.1, -0.05) is 6.42 Å². The van der Waals surface area contributed by atoms with Gasteiger partial charge in [0, 0.05) is 25.7 Å². The van der Waals surface area contributed by atoms with Crippen LogP contribution in [0.4, 0.5) is 0 Å². The van der Waals surface area contributed by atoms with Crippen LogP contribution in [0.3, 0.4) is 0 Å². The fourth-order valence-electron chi connectivity index (χ4n) is 3.20. The van der Waals surface area contributed by atoms with Crippen LogP contribution >= 0.6 is 0 Å². The van der Waals surface area contributed by atoms with Gasteiger partial charge in [0.1, 0.15) is 0 Å². The number of likely N-dealkylation sites (tertiary alicyclic amines) is 1. The van der Waals surface area contributed by atoms with Crippen molar-refractivity contribution in [2.75, 3.05) is 32.7 Å². The number of nitrogens with one attached hydrogen (secondary N) is 2. The highest BCUT2D eigenvalue weighted by atomic mass is 16.1. The van der Waals surface area contributed by atoms with Gasteiger partial charge in [0.2, 0.25) is 5.91 Å². The largest absolute Gasteiger partial charge is 0.356 e. The Bertz CT molecular complexity index is 277. The summed E-state index contributed by atoms with van der Waals surface area (Å²) in [6.07, 6.45) is 7.30. The van der Waals surface area contributed by atoms with Crippen LogP contribution in [0.2, 0.25) is 0 Å². The number of rotatable bonds is 5. The molecular formula is C15H29N3O. The Labute approximate surface area is 117 Å². The molecular weight excluding hydrogens is 238 g/mol. The van der Waals surface area contributed by atoms with Gasteiger partial charge in [0.05, 0.1) is 5.92 Å². The smallest absolute Gasteiger partial charge is 0.224 e. The Morgan fingerprint density at radius 3 is 2.95 bits per heavy atom. The summed E-state index contributed by atoms with van der Waals surface area (Å²) in [5.74, 6) is 0.446. The molecule has 110 valence electrons. The molecule has 0 saturated carbocycles. The first kappa shape index (κ1) is 14.8. The summed E-state index contributed by atoms with van der Waals surface area (Å²) in [5.41, 5.74) is 0. The molecule has 2 saturated heterocycles. The number of hydrogen-bond acceptors (Lipinski definition) is 3. The van der Waals surface area contributed by atoms with E-state index in [9.17, 15) is 4.79 Å². The average molecular weight is 267 g/mol. The van der Waals surface area contributed by atoms with Gasteiger partial charge in [0.15, 0.2) is 0 Å². The van der Waals surface area contributed by atoms with Crippen LogP contribution in [0.25, 0.3) is 0 Å². The second-order valence-corrected chi connectivity index (χ2v) is 6.07. The predicted octanol–water partition coefficient (Wildman–Crippen LogP) is 1.37. The predicted molar refractivity (Wildman–Crippen MR) is 78.1 cm³/mol. The van der Waals surface area contributed by atoms with E-state index in [1.165, 1.54) is 25.8 Å². The highest BCUT2D eigenvalue weighted by molar-refractivity contribution is 5.78. The van der Waals surface area contributed by atoms with E-state index in [-0.39, 0.29) is 11.8 Å². The molecule has 19 heavy (non-hydrogen) atoms. The summed E-state index contributed by atoms with van der Waals surface area (Å²) in [5, 5.41) is 6.40. The SMILES string of the molecule is CC1CCCCN1CCCNC(=O)[C@H]1CCCNC1. The molecule has 2 rings (SSSR count). The lowest BCUT2D eigenvalue weighted by Crippen LogP contribution is -2.42. The molecule has 2 N–H and O–H groups in total. The van der Waals surface area contributed by atoms with E-state index in [4.69, 9.17) is 0 Å². The van der Waals surface area contributed by atoms with E-state index in [1.54, 1.807) is 0 Å². The standard InChI is InChI=1S/C15H29N3O/c1-13-6-2-3-10-18(13)11-5-9-17-15(19)14-7-4-8-16-12-14/h13-14,16H,2-12H2,1H3,(H,17,19)/t13?,14-/m0/s1.